The Labute approximate surface area is 154 Å². The van der Waals surface area contributed by atoms with Gasteiger partial charge in [0.05, 0.1) is 17.4 Å². The van der Waals surface area contributed by atoms with Gasteiger partial charge in [0, 0.05) is 26.1 Å². The molecular weight excluding hydrogens is 324 g/mol. The van der Waals surface area contributed by atoms with E-state index in [1.165, 1.54) is 5.56 Å². The Balaban J connectivity index is 1.33. The molecule has 0 bridgehead atoms. The maximum atomic E-state index is 12.1. The number of rotatable bonds is 9. The molecule has 0 unspecified atom stereocenters. The molecule has 0 fully saturated rings. The maximum Gasteiger partial charge on any atom is 0.221 e. The molecule has 0 atom stereocenters. The molecule has 1 amide bonds. The quantitative estimate of drug-likeness (QED) is 0.604. The number of carbonyl (C=O) groups is 1. The summed E-state index contributed by atoms with van der Waals surface area (Å²) in [6, 6.07) is 18.4. The number of hydrogen-bond acceptors (Lipinski definition) is 3. The highest BCUT2D eigenvalue weighted by molar-refractivity contribution is 5.77. The summed E-state index contributed by atoms with van der Waals surface area (Å²) in [5.74, 6) is 0.0912. The molecule has 5 heteroatoms. The third-order valence-corrected chi connectivity index (χ3v) is 4.44. The number of nitrogens with zero attached hydrogens (tertiary/aromatic N) is 3. The first kappa shape index (κ1) is 18.1. The molecule has 1 N–H and O–H groups in total. The molecule has 3 aromatic rings. The topological polar surface area (TPSA) is 50.2 Å². The number of imidazole rings is 1. The minimum Gasteiger partial charge on any atom is -0.356 e. The van der Waals surface area contributed by atoms with Gasteiger partial charge in [-0.3, -0.25) is 4.79 Å². The van der Waals surface area contributed by atoms with Crippen LogP contribution in [0.4, 0.5) is 0 Å². The van der Waals surface area contributed by atoms with E-state index in [1.807, 2.05) is 34.9 Å². The van der Waals surface area contributed by atoms with Crippen LogP contribution in [0.3, 0.4) is 0 Å². The molecule has 0 saturated carbocycles. The van der Waals surface area contributed by atoms with Gasteiger partial charge < -0.3 is 14.8 Å². The van der Waals surface area contributed by atoms with Crippen molar-refractivity contribution in [3.8, 4) is 0 Å². The minimum absolute atomic E-state index is 0.0912. The van der Waals surface area contributed by atoms with Gasteiger partial charge in [-0.05, 0) is 37.7 Å². The zero-order valence-corrected chi connectivity index (χ0v) is 15.3. The fourth-order valence-corrected chi connectivity index (χ4v) is 3.05. The SMILES string of the molecule is CN(CCCNC(=O)CCn1cnc2ccccc21)Cc1ccccc1. The highest BCUT2D eigenvalue weighted by atomic mass is 16.1. The van der Waals surface area contributed by atoms with Crippen LogP contribution >= 0.6 is 0 Å². The molecule has 1 heterocycles. The summed E-state index contributed by atoms with van der Waals surface area (Å²) in [7, 11) is 2.11. The van der Waals surface area contributed by atoms with Crippen molar-refractivity contribution in [3.05, 3.63) is 66.5 Å². The van der Waals surface area contributed by atoms with Crippen molar-refractivity contribution in [2.24, 2.45) is 0 Å². The molecule has 0 saturated heterocycles. The van der Waals surface area contributed by atoms with Crippen molar-refractivity contribution in [2.45, 2.75) is 25.9 Å². The lowest BCUT2D eigenvalue weighted by atomic mass is 10.2. The van der Waals surface area contributed by atoms with E-state index >= 15 is 0 Å². The summed E-state index contributed by atoms with van der Waals surface area (Å²) >= 11 is 0. The second-order valence-corrected chi connectivity index (χ2v) is 6.60. The Hall–Kier alpha value is -2.66. The Kier molecular flexibility index (Phi) is 6.39. The van der Waals surface area contributed by atoms with Crippen molar-refractivity contribution < 1.29 is 4.79 Å². The number of nitrogens with one attached hydrogen (secondary N) is 1. The number of hydrogen-bond donors (Lipinski definition) is 1. The van der Waals surface area contributed by atoms with Gasteiger partial charge in [0.25, 0.3) is 0 Å². The van der Waals surface area contributed by atoms with Crippen LogP contribution in [-0.4, -0.2) is 40.5 Å². The summed E-state index contributed by atoms with van der Waals surface area (Å²) < 4.78 is 2.03. The van der Waals surface area contributed by atoms with E-state index in [1.54, 1.807) is 6.33 Å². The molecular formula is C21H26N4O. The zero-order valence-electron chi connectivity index (χ0n) is 15.3. The fourth-order valence-electron chi connectivity index (χ4n) is 3.05. The monoisotopic (exact) mass is 350 g/mol. The highest BCUT2D eigenvalue weighted by Crippen LogP contribution is 2.12. The Morgan fingerprint density at radius 2 is 1.88 bits per heavy atom. The van der Waals surface area contributed by atoms with E-state index in [9.17, 15) is 4.79 Å². The second kappa shape index (κ2) is 9.15. The lowest BCUT2D eigenvalue weighted by molar-refractivity contribution is -0.121. The van der Waals surface area contributed by atoms with E-state index in [2.05, 4.69) is 46.5 Å². The van der Waals surface area contributed by atoms with Gasteiger partial charge in [0.15, 0.2) is 0 Å². The van der Waals surface area contributed by atoms with E-state index in [4.69, 9.17) is 0 Å². The van der Waals surface area contributed by atoms with Gasteiger partial charge in [-0.25, -0.2) is 4.98 Å². The molecule has 0 aliphatic heterocycles. The van der Waals surface area contributed by atoms with E-state index < -0.39 is 0 Å². The standard InChI is InChI=1S/C21H26N4O/c1-24(16-18-8-3-2-4-9-18)14-7-13-22-21(26)12-15-25-17-23-19-10-5-6-11-20(19)25/h2-6,8-11,17H,7,12-16H2,1H3,(H,22,26). The van der Waals surface area contributed by atoms with Crippen LogP contribution in [-0.2, 0) is 17.9 Å². The first-order chi connectivity index (χ1) is 12.7. The number of aryl methyl sites for hydroxylation is 1. The number of fused-ring (bicyclic) bond motifs is 1. The predicted octanol–water partition coefficient (Wildman–Crippen LogP) is 3.06. The Morgan fingerprint density at radius 1 is 1.12 bits per heavy atom. The summed E-state index contributed by atoms with van der Waals surface area (Å²) in [5.41, 5.74) is 3.35. The van der Waals surface area contributed by atoms with E-state index in [-0.39, 0.29) is 5.91 Å². The molecule has 0 aliphatic rings. The molecule has 0 radical (unpaired) electrons. The van der Waals surface area contributed by atoms with Gasteiger partial charge in [-0.1, -0.05) is 42.5 Å². The van der Waals surface area contributed by atoms with Crippen molar-refractivity contribution in [2.75, 3.05) is 20.1 Å². The lowest BCUT2D eigenvalue weighted by Crippen LogP contribution is -2.28. The number of carbonyl (C=O) groups excluding carboxylic acids is 1. The van der Waals surface area contributed by atoms with Crippen LogP contribution in [0.15, 0.2) is 60.9 Å². The van der Waals surface area contributed by atoms with Crippen LogP contribution in [0, 0.1) is 0 Å². The smallest absolute Gasteiger partial charge is 0.221 e. The van der Waals surface area contributed by atoms with Crippen LogP contribution in [0.5, 0.6) is 0 Å². The van der Waals surface area contributed by atoms with Gasteiger partial charge in [-0.2, -0.15) is 0 Å². The normalized spacial score (nSPS) is 11.2. The molecule has 26 heavy (non-hydrogen) atoms. The van der Waals surface area contributed by atoms with Crippen molar-refractivity contribution in [1.29, 1.82) is 0 Å². The largest absolute Gasteiger partial charge is 0.356 e. The third kappa shape index (κ3) is 5.17. The average Bonchev–Trinajstić information content (AvgIpc) is 3.07. The van der Waals surface area contributed by atoms with Crippen LogP contribution in [0.1, 0.15) is 18.4 Å². The van der Waals surface area contributed by atoms with Gasteiger partial charge in [0.2, 0.25) is 5.91 Å². The van der Waals surface area contributed by atoms with Crippen LogP contribution in [0.2, 0.25) is 0 Å². The molecule has 1 aromatic heterocycles. The predicted molar refractivity (Wildman–Crippen MR) is 105 cm³/mol. The summed E-state index contributed by atoms with van der Waals surface area (Å²) in [6.45, 7) is 3.26. The maximum absolute atomic E-state index is 12.1. The van der Waals surface area contributed by atoms with E-state index in [0.29, 0.717) is 19.5 Å². The van der Waals surface area contributed by atoms with Crippen LogP contribution < -0.4 is 5.32 Å². The molecule has 2 aromatic carbocycles. The first-order valence-electron chi connectivity index (χ1n) is 9.11. The number of amides is 1. The van der Waals surface area contributed by atoms with E-state index in [0.717, 1.165) is 30.5 Å². The number of aromatic nitrogens is 2. The van der Waals surface area contributed by atoms with Crippen molar-refractivity contribution in [1.82, 2.24) is 19.8 Å². The summed E-state index contributed by atoms with van der Waals surface area (Å²) in [6.07, 6.45) is 3.22. The van der Waals surface area contributed by atoms with Gasteiger partial charge in [-0.15, -0.1) is 0 Å². The third-order valence-electron chi connectivity index (χ3n) is 4.44. The lowest BCUT2D eigenvalue weighted by Gasteiger charge is -2.16. The van der Waals surface area contributed by atoms with Gasteiger partial charge >= 0.3 is 0 Å². The highest BCUT2D eigenvalue weighted by Gasteiger charge is 2.05. The number of benzene rings is 2. The molecule has 0 spiro atoms. The Morgan fingerprint density at radius 3 is 2.73 bits per heavy atom. The zero-order chi connectivity index (χ0) is 18.2. The minimum atomic E-state index is 0.0912. The second-order valence-electron chi connectivity index (χ2n) is 6.60. The van der Waals surface area contributed by atoms with Crippen LogP contribution in [0.25, 0.3) is 11.0 Å². The Bertz CT molecular complexity index is 828. The summed E-state index contributed by atoms with van der Waals surface area (Å²) in [4.78, 5) is 18.7. The fraction of sp³-hybridized carbons (Fsp3) is 0.333. The van der Waals surface area contributed by atoms with Crippen molar-refractivity contribution >= 4 is 16.9 Å². The first-order valence-corrected chi connectivity index (χ1v) is 9.11. The van der Waals surface area contributed by atoms with Gasteiger partial charge in [0.1, 0.15) is 0 Å². The summed E-state index contributed by atoms with van der Waals surface area (Å²) in [5, 5.41) is 3.01. The molecule has 136 valence electrons. The number of para-hydroxylation sites is 2. The van der Waals surface area contributed by atoms with Crippen molar-refractivity contribution in [3.63, 3.8) is 0 Å². The molecule has 0 aliphatic carbocycles. The molecule has 5 nitrogen and oxygen atoms in total. The average molecular weight is 350 g/mol. The molecule has 3 rings (SSSR count).